The Morgan fingerprint density at radius 2 is 1.95 bits per heavy atom. The van der Waals surface area contributed by atoms with Gasteiger partial charge >= 0.3 is 0 Å². The van der Waals surface area contributed by atoms with Crippen molar-refractivity contribution >= 4 is 11.8 Å². The molecule has 0 spiro atoms. The third-order valence-corrected chi connectivity index (χ3v) is 4.44. The first kappa shape index (κ1) is 14.3. The van der Waals surface area contributed by atoms with Crippen molar-refractivity contribution < 1.29 is 9.59 Å². The smallest absolute Gasteiger partial charge is 0.238 e. The number of hydrogen-bond acceptors (Lipinski definition) is 3. The number of piperazine rings is 1. The van der Waals surface area contributed by atoms with Crippen molar-refractivity contribution in [2.75, 3.05) is 19.6 Å². The van der Waals surface area contributed by atoms with Crippen molar-refractivity contribution in [2.24, 2.45) is 11.8 Å². The van der Waals surface area contributed by atoms with Crippen LogP contribution in [-0.4, -0.2) is 37.5 Å². The predicted molar refractivity (Wildman–Crippen MR) is 73.5 cm³/mol. The molecular formula is C14H25N3O2. The predicted octanol–water partition coefficient (Wildman–Crippen LogP) is 0.407. The quantitative estimate of drug-likeness (QED) is 0.691. The molecule has 5 nitrogen and oxygen atoms in total. The Hall–Kier alpha value is -1.10. The first-order valence-corrected chi connectivity index (χ1v) is 7.46. The number of amides is 2. The van der Waals surface area contributed by atoms with Gasteiger partial charge in [0.05, 0.1) is 6.54 Å². The van der Waals surface area contributed by atoms with E-state index in [0.717, 1.165) is 12.5 Å². The standard InChI is InChI=1S/C14H25N3O2/c1-2-10-3-5-11(6-4-10)7-17-14(19)12-8-16-13(18)9-15-12/h10-12,15H,2-9H2,1H3,(H,16,18)(H,17,19). The summed E-state index contributed by atoms with van der Waals surface area (Å²) in [7, 11) is 0. The van der Waals surface area contributed by atoms with E-state index in [9.17, 15) is 9.59 Å². The molecule has 2 amide bonds. The molecule has 19 heavy (non-hydrogen) atoms. The number of carbonyl (C=O) groups excluding carboxylic acids is 2. The molecule has 1 atom stereocenters. The summed E-state index contributed by atoms with van der Waals surface area (Å²) in [6, 6.07) is -0.273. The zero-order chi connectivity index (χ0) is 13.7. The fourth-order valence-corrected chi connectivity index (χ4v) is 2.96. The molecule has 2 fully saturated rings. The maximum Gasteiger partial charge on any atom is 0.238 e. The molecule has 1 unspecified atom stereocenters. The van der Waals surface area contributed by atoms with Gasteiger partial charge in [-0.25, -0.2) is 0 Å². The van der Waals surface area contributed by atoms with Crippen LogP contribution >= 0.6 is 0 Å². The van der Waals surface area contributed by atoms with Crippen LogP contribution in [0.5, 0.6) is 0 Å². The van der Waals surface area contributed by atoms with Crippen molar-refractivity contribution in [3.8, 4) is 0 Å². The first-order valence-electron chi connectivity index (χ1n) is 7.46. The molecule has 0 radical (unpaired) electrons. The monoisotopic (exact) mass is 267 g/mol. The lowest BCUT2D eigenvalue weighted by molar-refractivity contribution is -0.126. The summed E-state index contributed by atoms with van der Waals surface area (Å²) in [5.74, 6) is 1.49. The highest BCUT2D eigenvalue weighted by molar-refractivity contribution is 5.86. The molecule has 108 valence electrons. The minimum atomic E-state index is -0.273. The number of hydrogen-bond donors (Lipinski definition) is 3. The second kappa shape index (κ2) is 6.89. The van der Waals surface area contributed by atoms with E-state index in [-0.39, 0.29) is 24.4 Å². The van der Waals surface area contributed by atoms with Gasteiger partial charge in [-0.05, 0) is 24.7 Å². The fraction of sp³-hybridized carbons (Fsp3) is 0.857. The Labute approximate surface area is 114 Å². The molecule has 0 aromatic carbocycles. The summed E-state index contributed by atoms with van der Waals surface area (Å²) >= 11 is 0. The Balaban J connectivity index is 1.65. The molecule has 1 aliphatic heterocycles. The van der Waals surface area contributed by atoms with E-state index in [4.69, 9.17) is 0 Å². The van der Waals surface area contributed by atoms with Crippen LogP contribution in [-0.2, 0) is 9.59 Å². The molecule has 0 bridgehead atoms. The number of nitrogens with one attached hydrogen (secondary N) is 3. The van der Waals surface area contributed by atoms with Gasteiger partial charge < -0.3 is 10.6 Å². The van der Waals surface area contributed by atoms with Gasteiger partial charge in [-0.1, -0.05) is 26.2 Å². The molecule has 0 aromatic heterocycles. The second-order valence-electron chi connectivity index (χ2n) is 5.78. The molecular weight excluding hydrogens is 242 g/mol. The maximum atomic E-state index is 11.9. The van der Waals surface area contributed by atoms with Crippen LogP contribution < -0.4 is 16.0 Å². The summed E-state index contributed by atoms with van der Waals surface area (Å²) in [4.78, 5) is 22.9. The zero-order valence-electron chi connectivity index (χ0n) is 11.7. The van der Waals surface area contributed by atoms with Gasteiger partial charge in [0.15, 0.2) is 0 Å². The summed E-state index contributed by atoms with van der Waals surface area (Å²) < 4.78 is 0. The zero-order valence-corrected chi connectivity index (χ0v) is 11.7. The van der Waals surface area contributed by atoms with Crippen molar-refractivity contribution in [3.63, 3.8) is 0 Å². The van der Waals surface area contributed by atoms with Crippen LogP contribution in [0.3, 0.4) is 0 Å². The Bertz CT molecular complexity index is 315. The third-order valence-electron chi connectivity index (χ3n) is 4.44. The summed E-state index contributed by atoms with van der Waals surface area (Å²) in [5.41, 5.74) is 0. The Morgan fingerprint density at radius 1 is 1.26 bits per heavy atom. The van der Waals surface area contributed by atoms with Crippen LogP contribution in [0.4, 0.5) is 0 Å². The lowest BCUT2D eigenvalue weighted by Gasteiger charge is -2.29. The highest BCUT2D eigenvalue weighted by atomic mass is 16.2. The van der Waals surface area contributed by atoms with Crippen LogP contribution in [0.1, 0.15) is 39.0 Å². The van der Waals surface area contributed by atoms with Crippen LogP contribution in [0.25, 0.3) is 0 Å². The van der Waals surface area contributed by atoms with Crippen LogP contribution in [0.2, 0.25) is 0 Å². The van der Waals surface area contributed by atoms with Crippen molar-refractivity contribution in [1.29, 1.82) is 0 Å². The van der Waals surface area contributed by atoms with Crippen LogP contribution in [0, 0.1) is 11.8 Å². The van der Waals surface area contributed by atoms with E-state index in [2.05, 4.69) is 22.9 Å². The van der Waals surface area contributed by atoms with Gasteiger partial charge in [-0.15, -0.1) is 0 Å². The number of rotatable bonds is 4. The van der Waals surface area contributed by atoms with E-state index in [1.165, 1.54) is 32.1 Å². The Kier molecular flexibility index (Phi) is 5.19. The van der Waals surface area contributed by atoms with Gasteiger partial charge in [-0.3, -0.25) is 14.9 Å². The minimum absolute atomic E-state index is 0.0117. The largest absolute Gasteiger partial charge is 0.354 e. The lowest BCUT2D eigenvalue weighted by Crippen LogP contribution is -2.58. The van der Waals surface area contributed by atoms with Gasteiger partial charge in [0.1, 0.15) is 6.04 Å². The molecule has 0 aromatic rings. The average molecular weight is 267 g/mol. The topological polar surface area (TPSA) is 70.2 Å². The summed E-state index contributed by atoms with van der Waals surface area (Å²) in [6.45, 7) is 3.67. The second-order valence-corrected chi connectivity index (χ2v) is 5.78. The highest BCUT2D eigenvalue weighted by Gasteiger charge is 2.25. The van der Waals surface area contributed by atoms with E-state index < -0.39 is 0 Å². The van der Waals surface area contributed by atoms with Crippen molar-refractivity contribution in [2.45, 2.75) is 45.1 Å². The summed E-state index contributed by atoms with van der Waals surface area (Å²) in [6.07, 6.45) is 6.34. The molecule has 3 N–H and O–H groups in total. The van der Waals surface area contributed by atoms with Gasteiger partial charge in [0.25, 0.3) is 0 Å². The molecule has 1 heterocycles. The van der Waals surface area contributed by atoms with Crippen LogP contribution in [0.15, 0.2) is 0 Å². The highest BCUT2D eigenvalue weighted by Crippen LogP contribution is 2.30. The average Bonchev–Trinajstić information content (AvgIpc) is 2.46. The molecule has 1 aliphatic carbocycles. The van der Waals surface area contributed by atoms with E-state index >= 15 is 0 Å². The van der Waals surface area contributed by atoms with E-state index in [0.29, 0.717) is 12.5 Å². The Morgan fingerprint density at radius 3 is 2.53 bits per heavy atom. The van der Waals surface area contributed by atoms with E-state index in [1.54, 1.807) is 0 Å². The fourth-order valence-electron chi connectivity index (χ4n) is 2.96. The third kappa shape index (κ3) is 4.20. The molecule has 2 rings (SSSR count). The van der Waals surface area contributed by atoms with Gasteiger partial charge in [0.2, 0.25) is 11.8 Å². The summed E-state index contributed by atoms with van der Waals surface area (Å²) in [5, 5.41) is 8.67. The molecule has 5 heteroatoms. The molecule has 2 aliphatic rings. The van der Waals surface area contributed by atoms with Crippen molar-refractivity contribution in [3.05, 3.63) is 0 Å². The molecule has 1 saturated heterocycles. The van der Waals surface area contributed by atoms with Crippen molar-refractivity contribution in [1.82, 2.24) is 16.0 Å². The SMILES string of the molecule is CCC1CCC(CNC(=O)C2CNC(=O)CN2)CC1. The first-order chi connectivity index (χ1) is 9.19. The van der Waals surface area contributed by atoms with Gasteiger partial charge in [0, 0.05) is 13.1 Å². The number of carbonyl (C=O) groups is 2. The maximum absolute atomic E-state index is 11.9. The minimum Gasteiger partial charge on any atom is -0.354 e. The normalized spacial score (nSPS) is 31.6. The lowest BCUT2D eigenvalue weighted by atomic mass is 9.81. The molecule has 1 saturated carbocycles. The van der Waals surface area contributed by atoms with E-state index in [1.807, 2.05) is 0 Å². The van der Waals surface area contributed by atoms with Gasteiger partial charge in [-0.2, -0.15) is 0 Å².